The maximum atomic E-state index is 14.6. The van der Waals surface area contributed by atoms with Gasteiger partial charge in [0.1, 0.15) is 28.9 Å². The van der Waals surface area contributed by atoms with Gasteiger partial charge in [0.2, 0.25) is 0 Å². The van der Waals surface area contributed by atoms with Gasteiger partial charge in [-0.15, -0.1) is 0 Å². The molecule has 10 heteroatoms. The number of alkyl carbamates (subject to hydrolysis) is 1. The number of nitrogens with zero attached hydrogens (tertiary/aromatic N) is 3. The Hall–Kier alpha value is -3.03. The Morgan fingerprint density at radius 3 is 2.88 bits per heavy atom. The predicted molar refractivity (Wildman–Crippen MR) is 109 cm³/mol. The zero-order valence-electron chi connectivity index (χ0n) is 18.1. The molecule has 170 valence electrons. The molecule has 1 aromatic carbocycles. The first-order chi connectivity index (χ1) is 15.1. The molecule has 0 bridgehead atoms. The molecule has 2 N–H and O–H groups in total. The lowest BCUT2D eigenvalue weighted by Crippen LogP contribution is -2.59. The number of amides is 1. The van der Waals surface area contributed by atoms with Crippen LogP contribution in [0, 0.1) is 23.0 Å². The number of ether oxygens (including phenoxy) is 2. The van der Waals surface area contributed by atoms with Gasteiger partial charge in [0, 0.05) is 30.6 Å². The van der Waals surface area contributed by atoms with Crippen molar-refractivity contribution >= 4 is 6.09 Å². The first-order valence-corrected chi connectivity index (χ1v) is 10.3. The normalized spacial score (nSPS) is 25.8. The minimum absolute atomic E-state index is 0.0200. The van der Waals surface area contributed by atoms with E-state index in [4.69, 9.17) is 9.47 Å². The lowest BCUT2D eigenvalue weighted by atomic mass is 9.84. The van der Waals surface area contributed by atoms with Gasteiger partial charge in [0.05, 0.1) is 30.6 Å². The SMILES string of the molecule is CC(C)(C)OC(=O)NC1CC(C#N)(N2Cc3cn[nH]c3C2)COC1c1cc(F)ccc1F. The van der Waals surface area contributed by atoms with Crippen LogP contribution in [-0.4, -0.2) is 45.0 Å². The van der Waals surface area contributed by atoms with E-state index in [9.17, 15) is 18.8 Å². The quantitative estimate of drug-likeness (QED) is 0.751. The monoisotopic (exact) mass is 445 g/mol. The molecule has 0 spiro atoms. The highest BCUT2D eigenvalue weighted by Crippen LogP contribution is 2.40. The Morgan fingerprint density at radius 2 is 2.19 bits per heavy atom. The highest BCUT2D eigenvalue weighted by molar-refractivity contribution is 5.68. The number of fused-ring (bicyclic) bond motifs is 1. The minimum atomic E-state index is -1.08. The molecule has 0 aliphatic carbocycles. The van der Waals surface area contributed by atoms with Crippen LogP contribution in [0.2, 0.25) is 0 Å². The summed E-state index contributed by atoms with van der Waals surface area (Å²) >= 11 is 0. The lowest BCUT2D eigenvalue weighted by Gasteiger charge is -2.45. The van der Waals surface area contributed by atoms with E-state index in [1.54, 1.807) is 27.0 Å². The molecular weight excluding hydrogens is 420 g/mol. The number of aromatic amines is 1. The molecule has 4 rings (SSSR count). The largest absolute Gasteiger partial charge is 0.444 e. The van der Waals surface area contributed by atoms with Crippen molar-refractivity contribution in [3.8, 4) is 6.07 Å². The molecular formula is C22H25F2N5O3. The fraction of sp³-hybridized carbons (Fsp3) is 0.500. The van der Waals surface area contributed by atoms with E-state index in [0.717, 1.165) is 29.5 Å². The maximum absolute atomic E-state index is 14.6. The van der Waals surface area contributed by atoms with Crippen LogP contribution in [0.5, 0.6) is 0 Å². The molecule has 1 aromatic heterocycles. The second kappa shape index (κ2) is 8.15. The van der Waals surface area contributed by atoms with Crippen LogP contribution in [-0.2, 0) is 22.6 Å². The molecule has 0 radical (unpaired) electrons. The van der Waals surface area contributed by atoms with Gasteiger partial charge < -0.3 is 14.8 Å². The van der Waals surface area contributed by atoms with Gasteiger partial charge in [-0.3, -0.25) is 10.00 Å². The zero-order valence-corrected chi connectivity index (χ0v) is 18.1. The average molecular weight is 445 g/mol. The van der Waals surface area contributed by atoms with Gasteiger partial charge >= 0.3 is 6.09 Å². The van der Waals surface area contributed by atoms with Crippen LogP contribution in [0.1, 0.15) is 50.1 Å². The van der Waals surface area contributed by atoms with Gasteiger partial charge in [-0.25, -0.2) is 13.6 Å². The fourth-order valence-corrected chi connectivity index (χ4v) is 4.23. The molecule has 3 atom stereocenters. The topological polar surface area (TPSA) is 103 Å². The summed E-state index contributed by atoms with van der Waals surface area (Å²) in [6, 6.07) is 4.60. The third kappa shape index (κ3) is 4.31. The number of benzene rings is 1. The average Bonchev–Trinajstić information content (AvgIpc) is 3.31. The number of hydrogen-bond acceptors (Lipinski definition) is 6. The highest BCUT2D eigenvalue weighted by atomic mass is 19.1. The van der Waals surface area contributed by atoms with Crippen molar-refractivity contribution in [3.05, 3.63) is 52.9 Å². The third-order valence-electron chi connectivity index (χ3n) is 5.72. The second-order valence-electron chi connectivity index (χ2n) is 9.23. The van der Waals surface area contributed by atoms with Crippen LogP contribution in [0.15, 0.2) is 24.4 Å². The van der Waals surface area contributed by atoms with Crippen molar-refractivity contribution in [1.29, 1.82) is 5.26 Å². The van der Waals surface area contributed by atoms with Crippen molar-refractivity contribution in [3.63, 3.8) is 0 Å². The second-order valence-corrected chi connectivity index (χ2v) is 9.23. The first kappa shape index (κ1) is 22.2. The van der Waals surface area contributed by atoms with E-state index in [2.05, 4.69) is 21.6 Å². The number of aromatic nitrogens is 2. The number of nitriles is 1. The maximum Gasteiger partial charge on any atom is 0.407 e. The molecule has 1 saturated heterocycles. The number of H-pyrrole nitrogens is 1. The lowest BCUT2D eigenvalue weighted by molar-refractivity contribution is -0.0889. The van der Waals surface area contributed by atoms with Crippen molar-refractivity contribution in [2.45, 2.75) is 63.6 Å². The molecule has 32 heavy (non-hydrogen) atoms. The summed E-state index contributed by atoms with van der Waals surface area (Å²) in [5, 5.41) is 19.8. The van der Waals surface area contributed by atoms with Gasteiger partial charge in [0.15, 0.2) is 0 Å². The van der Waals surface area contributed by atoms with Crippen LogP contribution in [0.4, 0.5) is 13.6 Å². The molecule has 3 unspecified atom stereocenters. The van der Waals surface area contributed by atoms with Crippen molar-refractivity contribution in [1.82, 2.24) is 20.4 Å². The van der Waals surface area contributed by atoms with E-state index < -0.39 is 41.0 Å². The molecule has 2 aromatic rings. The number of halogens is 2. The Bertz CT molecular complexity index is 1040. The molecule has 0 saturated carbocycles. The Labute approximate surface area is 184 Å². The van der Waals surface area contributed by atoms with E-state index in [0.29, 0.717) is 13.1 Å². The summed E-state index contributed by atoms with van der Waals surface area (Å²) in [6.45, 7) is 6.08. The van der Waals surface area contributed by atoms with E-state index in [1.165, 1.54) is 0 Å². The molecule has 3 heterocycles. The molecule has 8 nitrogen and oxygen atoms in total. The van der Waals surface area contributed by atoms with Crippen molar-refractivity contribution < 1.29 is 23.0 Å². The number of nitrogens with one attached hydrogen (secondary N) is 2. The summed E-state index contributed by atoms with van der Waals surface area (Å²) in [7, 11) is 0. The number of carbonyl (C=O) groups is 1. The number of carbonyl (C=O) groups excluding carboxylic acids is 1. The molecule has 1 amide bonds. The smallest absolute Gasteiger partial charge is 0.407 e. The fourth-order valence-electron chi connectivity index (χ4n) is 4.23. The van der Waals surface area contributed by atoms with Crippen LogP contribution >= 0.6 is 0 Å². The summed E-state index contributed by atoms with van der Waals surface area (Å²) < 4.78 is 39.8. The summed E-state index contributed by atoms with van der Waals surface area (Å²) in [6.07, 6.45) is 0.145. The summed E-state index contributed by atoms with van der Waals surface area (Å²) in [4.78, 5) is 14.5. The van der Waals surface area contributed by atoms with Crippen LogP contribution in [0.25, 0.3) is 0 Å². The highest BCUT2D eigenvalue weighted by Gasteiger charge is 2.49. The van der Waals surface area contributed by atoms with E-state index in [1.807, 2.05) is 4.90 Å². The minimum Gasteiger partial charge on any atom is -0.444 e. The summed E-state index contributed by atoms with van der Waals surface area (Å²) in [5.41, 5.74) is 0.0355. The first-order valence-electron chi connectivity index (χ1n) is 10.3. The van der Waals surface area contributed by atoms with Crippen LogP contribution in [0.3, 0.4) is 0 Å². The molecule has 1 fully saturated rings. The van der Waals surface area contributed by atoms with Gasteiger partial charge in [-0.1, -0.05) is 0 Å². The Morgan fingerprint density at radius 1 is 1.41 bits per heavy atom. The van der Waals surface area contributed by atoms with Crippen molar-refractivity contribution in [2.24, 2.45) is 0 Å². The van der Waals surface area contributed by atoms with Gasteiger partial charge in [-0.05, 0) is 39.0 Å². The zero-order chi connectivity index (χ0) is 23.1. The number of rotatable bonds is 3. The van der Waals surface area contributed by atoms with Crippen LogP contribution < -0.4 is 5.32 Å². The standard InChI is InChI=1S/C22H25F2N5O3/c1-21(2,3)32-20(30)27-17-7-22(11-25,29-9-13-8-26-28-18(13)10-29)12-31-19(17)15-6-14(23)4-5-16(15)24/h4-6,8,17,19H,7,9-10,12H2,1-3H3,(H,26,28)(H,27,30). The van der Waals surface area contributed by atoms with Crippen molar-refractivity contribution in [2.75, 3.05) is 6.61 Å². The van der Waals surface area contributed by atoms with E-state index in [-0.39, 0.29) is 18.6 Å². The van der Waals surface area contributed by atoms with E-state index >= 15 is 0 Å². The Balaban J connectivity index is 1.63. The predicted octanol–water partition coefficient (Wildman–Crippen LogP) is 3.32. The van der Waals surface area contributed by atoms with Gasteiger partial charge in [0.25, 0.3) is 0 Å². The summed E-state index contributed by atoms with van der Waals surface area (Å²) in [5.74, 6) is -1.28. The van der Waals surface area contributed by atoms with Gasteiger partial charge in [-0.2, -0.15) is 10.4 Å². The molecule has 2 aliphatic rings. The third-order valence-corrected chi connectivity index (χ3v) is 5.72. The Kier molecular flexibility index (Phi) is 5.65. The molecule has 2 aliphatic heterocycles. The number of hydrogen-bond donors (Lipinski definition) is 2.